The van der Waals surface area contributed by atoms with E-state index in [1.54, 1.807) is 0 Å². The Kier molecular flexibility index (Phi) is 3.20. The maximum absolute atomic E-state index is 12.0. The summed E-state index contributed by atoms with van der Waals surface area (Å²) >= 11 is 0. The summed E-state index contributed by atoms with van der Waals surface area (Å²) in [7, 11) is 1.25. The first-order valence-corrected chi connectivity index (χ1v) is 5.64. The molecule has 0 saturated heterocycles. The van der Waals surface area contributed by atoms with Gasteiger partial charge in [-0.1, -0.05) is 6.07 Å². The highest BCUT2D eigenvalue weighted by Crippen LogP contribution is 2.36. The topological polar surface area (TPSA) is 98.5 Å². The lowest BCUT2D eigenvalue weighted by Crippen LogP contribution is -2.43. The van der Waals surface area contributed by atoms with Crippen LogP contribution in [-0.2, 0) is 9.53 Å². The number of nitrogens with one attached hydrogen (secondary N) is 1. The molecule has 0 atom stereocenters. The molecular weight excluding hydrogens is 252 g/mol. The zero-order valence-corrected chi connectivity index (χ0v) is 10.2. The molecule has 19 heavy (non-hydrogen) atoms. The van der Waals surface area contributed by atoms with Gasteiger partial charge in [0, 0.05) is 17.7 Å². The van der Waals surface area contributed by atoms with Gasteiger partial charge in [-0.2, -0.15) is 0 Å². The molecule has 100 valence electrons. The number of methoxy groups -OCH3 is 1. The van der Waals surface area contributed by atoms with Gasteiger partial charge < -0.3 is 10.1 Å². The Labute approximate surface area is 108 Å². The minimum Gasteiger partial charge on any atom is -0.467 e. The second-order valence-corrected chi connectivity index (χ2v) is 4.34. The minimum atomic E-state index is -0.962. The van der Waals surface area contributed by atoms with Crippen LogP contribution in [0.2, 0.25) is 0 Å². The number of nitro benzene ring substituents is 1. The highest BCUT2D eigenvalue weighted by atomic mass is 16.6. The Morgan fingerprint density at radius 1 is 1.42 bits per heavy atom. The molecule has 1 fully saturated rings. The second-order valence-electron chi connectivity index (χ2n) is 4.34. The third-order valence-electron chi connectivity index (χ3n) is 3.00. The fraction of sp³-hybridized carbons (Fsp3) is 0.333. The molecule has 1 saturated carbocycles. The SMILES string of the molecule is COC(=O)C1(NC(=O)c2cccc([N+](=O)[O-])c2)CC1. The zero-order chi connectivity index (χ0) is 14.0. The molecule has 1 aromatic rings. The molecule has 1 aromatic carbocycles. The lowest BCUT2D eigenvalue weighted by molar-refractivity contribution is -0.384. The van der Waals surface area contributed by atoms with Crippen molar-refractivity contribution in [2.45, 2.75) is 18.4 Å². The van der Waals surface area contributed by atoms with Crippen molar-refractivity contribution in [1.29, 1.82) is 0 Å². The van der Waals surface area contributed by atoms with Crippen LogP contribution in [-0.4, -0.2) is 29.4 Å². The number of nitro groups is 1. The first-order valence-electron chi connectivity index (χ1n) is 5.64. The Morgan fingerprint density at radius 2 is 2.11 bits per heavy atom. The lowest BCUT2D eigenvalue weighted by Gasteiger charge is -2.14. The Bertz CT molecular complexity index is 551. The van der Waals surface area contributed by atoms with E-state index in [0.29, 0.717) is 12.8 Å². The molecule has 1 aliphatic rings. The average molecular weight is 264 g/mol. The number of carbonyl (C=O) groups excluding carboxylic acids is 2. The van der Waals surface area contributed by atoms with Crippen molar-refractivity contribution in [2.24, 2.45) is 0 Å². The van der Waals surface area contributed by atoms with Gasteiger partial charge in [0.05, 0.1) is 12.0 Å². The maximum Gasteiger partial charge on any atom is 0.331 e. The summed E-state index contributed by atoms with van der Waals surface area (Å²) < 4.78 is 4.61. The smallest absolute Gasteiger partial charge is 0.331 e. The monoisotopic (exact) mass is 264 g/mol. The number of hydrogen-bond donors (Lipinski definition) is 1. The fourth-order valence-corrected chi connectivity index (χ4v) is 1.75. The van der Waals surface area contributed by atoms with Crippen LogP contribution >= 0.6 is 0 Å². The second kappa shape index (κ2) is 4.68. The number of hydrogen-bond acceptors (Lipinski definition) is 5. The molecule has 0 spiro atoms. The molecule has 1 N–H and O–H groups in total. The quantitative estimate of drug-likeness (QED) is 0.497. The molecule has 0 bridgehead atoms. The summed E-state index contributed by atoms with van der Waals surface area (Å²) in [5, 5.41) is 13.2. The largest absolute Gasteiger partial charge is 0.467 e. The minimum absolute atomic E-state index is 0.143. The molecule has 0 aliphatic heterocycles. The van der Waals surface area contributed by atoms with Crippen molar-refractivity contribution in [2.75, 3.05) is 7.11 Å². The summed E-state index contributed by atoms with van der Waals surface area (Å²) in [6.07, 6.45) is 1.03. The number of amides is 1. The van der Waals surface area contributed by atoms with Crippen LogP contribution in [0.4, 0.5) is 5.69 Å². The summed E-state index contributed by atoms with van der Waals surface area (Å²) in [6, 6.07) is 5.34. The van der Waals surface area contributed by atoms with Gasteiger partial charge in [-0.3, -0.25) is 14.9 Å². The third-order valence-corrected chi connectivity index (χ3v) is 3.00. The maximum atomic E-state index is 12.0. The number of non-ortho nitro benzene ring substituents is 1. The van der Waals surface area contributed by atoms with Crippen molar-refractivity contribution in [3.8, 4) is 0 Å². The third kappa shape index (κ3) is 2.54. The van der Waals surface area contributed by atoms with Gasteiger partial charge in [0.25, 0.3) is 11.6 Å². The van der Waals surface area contributed by atoms with E-state index in [0.717, 1.165) is 0 Å². The van der Waals surface area contributed by atoms with Gasteiger partial charge in [-0.25, -0.2) is 4.79 Å². The van der Waals surface area contributed by atoms with Gasteiger partial charge in [-0.05, 0) is 18.9 Å². The molecule has 0 unspecified atom stereocenters. The van der Waals surface area contributed by atoms with Crippen LogP contribution < -0.4 is 5.32 Å². The van der Waals surface area contributed by atoms with Gasteiger partial charge in [0.1, 0.15) is 5.54 Å². The van der Waals surface area contributed by atoms with Gasteiger partial charge >= 0.3 is 5.97 Å². The highest BCUT2D eigenvalue weighted by Gasteiger charge is 2.52. The molecule has 0 aromatic heterocycles. The van der Waals surface area contributed by atoms with E-state index in [2.05, 4.69) is 10.1 Å². The van der Waals surface area contributed by atoms with Crippen molar-refractivity contribution in [1.82, 2.24) is 5.32 Å². The molecule has 0 heterocycles. The Morgan fingerprint density at radius 3 is 2.63 bits per heavy atom. The van der Waals surface area contributed by atoms with Gasteiger partial charge in [0.2, 0.25) is 0 Å². The van der Waals surface area contributed by atoms with Crippen molar-refractivity contribution in [3.63, 3.8) is 0 Å². The van der Waals surface area contributed by atoms with Crippen LogP contribution in [0.25, 0.3) is 0 Å². The number of esters is 1. The van der Waals surface area contributed by atoms with E-state index in [1.807, 2.05) is 0 Å². The number of carbonyl (C=O) groups is 2. The number of ether oxygens (including phenoxy) is 1. The molecule has 2 rings (SSSR count). The van der Waals surface area contributed by atoms with E-state index >= 15 is 0 Å². The van der Waals surface area contributed by atoms with E-state index in [9.17, 15) is 19.7 Å². The summed E-state index contributed by atoms with van der Waals surface area (Å²) in [4.78, 5) is 33.5. The molecule has 7 nitrogen and oxygen atoms in total. The normalized spacial score (nSPS) is 15.4. The average Bonchev–Trinajstić information content (AvgIpc) is 3.18. The molecule has 1 aliphatic carbocycles. The van der Waals surface area contributed by atoms with Crippen molar-refractivity contribution >= 4 is 17.6 Å². The number of rotatable bonds is 4. The number of benzene rings is 1. The predicted octanol–water partition coefficient (Wildman–Crippen LogP) is 1.03. The molecule has 1 amide bonds. The first-order chi connectivity index (χ1) is 8.98. The van der Waals surface area contributed by atoms with Crippen LogP contribution in [0.15, 0.2) is 24.3 Å². The van der Waals surface area contributed by atoms with E-state index in [-0.39, 0.29) is 11.3 Å². The highest BCUT2D eigenvalue weighted by molar-refractivity contribution is 5.99. The summed E-state index contributed by atoms with van der Waals surface area (Å²) in [5.74, 6) is -1.02. The van der Waals surface area contributed by atoms with Crippen LogP contribution in [0.1, 0.15) is 23.2 Å². The van der Waals surface area contributed by atoms with Crippen LogP contribution in [0, 0.1) is 10.1 Å². The van der Waals surface area contributed by atoms with Gasteiger partial charge in [0.15, 0.2) is 0 Å². The molecular formula is C12H12N2O5. The molecule has 0 radical (unpaired) electrons. The van der Waals surface area contributed by atoms with E-state index in [1.165, 1.54) is 31.4 Å². The zero-order valence-electron chi connectivity index (χ0n) is 10.2. The van der Waals surface area contributed by atoms with Crippen molar-refractivity contribution < 1.29 is 19.2 Å². The Hall–Kier alpha value is -2.44. The first kappa shape index (κ1) is 13.0. The predicted molar refractivity (Wildman–Crippen MR) is 64.5 cm³/mol. The standard InChI is InChI=1S/C12H12N2O5/c1-19-11(16)12(5-6-12)13-10(15)8-3-2-4-9(7-8)14(17)18/h2-4,7H,5-6H2,1H3,(H,13,15). The van der Waals surface area contributed by atoms with Gasteiger partial charge in [-0.15, -0.1) is 0 Å². The van der Waals surface area contributed by atoms with E-state index < -0.39 is 22.3 Å². The Balaban J connectivity index is 2.15. The number of nitrogens with zero attached hydrogens (tertiary/aromatic N) is 1. The van der Waals surface area contributed by atoms with Crippen LogP contribution in [0.3, 0.4) is 0 Å². The summed E-state index contributed by atoms with van der Waals surface area (Å²) in [6.45, 7) is 0. The van der Waals surface area contributed by atoms with Crippen molar-refractivity contribution in [3.05, 3.63) is 39.9 Å². The van der Waals surface area contributed by atoms with Crippen LogP contribution in [0.5, 0.6) is 0 Å². The lowest BCUT2D eigenvalue weighted by atomic mass is 10.1. The fourth-order valence-electron chi connectivity index (χ4n) is 1.75. The summed E-state index contributed by atoms with van der Waals surface area (Å²) in [5.41, 5.74) is -0.990. The van der Waals surface area contributed by atoms with E-state index in [4.69, 9.17) is 0 Å². The molecule has 7 heteroatoms.